The lowest BCUT2D eigenvalue weighted by Crippen LogP contribution is -2.55. The van der Waals surface area contributed by atoms with Gasteiger partial charge in [-0.3, -0.25) is 4.79 Å². The maximum atomic E-state index is 13.7. The van der Waals surface area contributed by atoms with Crippen molar-refractivity contribution < 1.29 is 18.3 Å². The van der Waals surface area contributed by atoms with Crippen LogP contribution in [0.1, 0.15) is 24.8 Å². The minimum atomic E-state index is -4.17. The molecule has 0 aromatic heterocycles. The highest BCUT2D eigenvalue weighted by Gasteiger charge is 2.50. The third-order valence-corrected chi connectivity index (χ3v) is 8.45. The second kappa shape index (κ2) is 9.40. The molecule has 1 saturated carbocycles. The molecule has 0 amide bonds. The quantitative estimate of drug-likeness (QED) is 0.371. The lowest BCUT2D eigenvalue weighted by Gasteiger charge is -2.49. The Kier molecular flexibility index (Phi) is 6.70. The van der Waals surface area contributed by atoms with E-state index in [9.17, 15) is 18.3 Å². The summed E-state index contributed by atoms with van der Waals surface area (Å²) in [6.45, 7) is 6.41. The Morgan fingerprint density at radius 3 is 2.18 bits per heavy atom. The van der Waals surface area contributed by atoms with Gasteiger partial charge < -0.3 is 5.11 Å². The van der Waals surface area contributed by atoms with E-state index in [2.05, 4.69) is 4.85 Å². The molecule has 174 valence electrons. The van der Waals surface area contributed by atoms with Crippen LogP contribution in [0.3, 0.4) is 0 Å². The largest absolute Gasteiger partial charge is 0.480 e. The second-order valence-electron chi connectivity index (χ2n) is 8.14. The molecular weight excluding hydrogens is 495 g/mol. The molecule has 9 heteroatoms. The predicted molar refractivity (Wildman–Crippen MR) is 132 cm³/mol. The smallest absolute Gasteiger partial charge is 0.318 e. The SMILES string of the molecule is [C-]#[N+]c1ccc(S(=O)(=O)N(CC(=O)O)C2(c3cccc(-c4cc(Cl)cc(Cl)c4)c3)CCC2)cc1. The predicted octanol–water partition coefficient (Wildman–Crippen LogP) is 6.37. The first kappa shape index (κ1) is 24.2. The molecule has 1 aliphatic rings. The van der Waals surface area contributed by atoms with Crippen LogP contribution >= 0.6 is 23.2 Å². The highest BCUT2D eigenvalue weighted by Crippen LogP contribution is 2.49. The van der Waals surface area contributed by atoms with Gasteiger partial charge in [0, 0.05) is 10.0 Å². The van der Waals surface area contributed by atoms with Gasteiger partial charge in [0.2, 0.25) is 10.0 Å². The molecular formula is C25H20Cl2N2O4S. The lowest BCUT2D eigenvalue weighted by atomic mass is 9.71. The van der Waals surface area contributed by atoms with E-state index in [1.165, 1.54) is 24.3 Å². The van der Waals surface area contributed by atoms with Gasteiger partial charge >= 0.3 is 5.97 Å². The first-order valence-electron chi connectivity index (χ1n) is 10.4. The molecule has 6 nitrogen and oxygen atoms in total. The molecule has 0 aliphatic heterocycles. The minimum Gasteiger partial charge on any atom is -0.480 e. The summed E-state index contributed by atoms with van der Waals surface area (Å²) in [5.74, 6) is -1.24. The van der Waals surface area contributed by atoms with E-state index < -0.39 is 28.1 Å². The number of halogens is 2. The van der Waals surface area contributed by atoms with E-state index in [0.717, 1.165) is 21.9 Å². The molecule has 3 aromatic carbocycles. The summed E-state index contributed by atoms with van der Waals surface area (Å²) >= 11 is 12.3. The van der Waals surface area contributed by atoms with Crippen LogP contribution in [0.5, 0.6) is 0 Å². The molecule has 0 saturated heterocycles. The fourth-order valence-corrected chi connectivity index (χ4v) is 6.60. The van der Waals surface area contributed by atoms with Gasteiger partial charge in [0.1, 0.15) is 6.54 Å². The monoisotopic (exact) mass is 514 g/mol. The number of hydrogen-bond donors (Lipinski definition) is 1. The van der Waals surface area contributed by atoms with Crippen LogP contribution < -0.4 is 0 Å². The van der Waals surface area contributed by atoms with Crippen molar-refractivity contribution in [2.45, 2.75) is 29.7 Å². The van der Waals surface area contributed by atoms with E-state index in [0.29, 0.717) is 34.1 Å². The number of hydrogen-bond acceptors (Lipinski definition) is 3. The van der Waals surface area contributed by atoms with Gasteiger partial charge in [0.05, 0.1) is 17.0 Å². The van der Waals surface area contributed by atoms with Crippen molar-refractivity contribution in [2.75, 3.05) is 6.54 Å². The van der Waals surface area contributed by atoms with Crippen molar-refractivity contribution >= 4 is 44.9 Å². The Morgan fingerprint density at radius 2 is 1.65 bits per heavy atom. The summed E-state index contributed by atoms with van der Waals surface area (Å²) in [6, 6.07) is 18.1. The minimum absolute atomic E-state index is 0.0507. The molecule has 0 bridgehead atoms. The lowest BCUT2D eigenvalue weighted by molar-refractivity contribution is -0.139. The number of carboxylic acids is 1. The topological polar surface area (TPSA) is 79.0 Å². The number of carbonyl (C=O) groups is 1. The zero-order chi connectivity index (χ0) is 24.5. The fraction of sp³-hybridized carbons (Fsp3) is 0.200. The average molecular weight is 515 g/mol. The normalized spacial score (nSPS) is 14.9. The van der Waals surface area contributed by atoms with Gasteiger partial charge in [-0.15, -0.1) is 0 Å². The second-order valence-corrected chi connectivity index (χ2v) is 10.9. The summed E-state index contributed by atoms with van der Waals surface area (Å²) in [4.78, 5) is 15.0. The zero-order valence-electron chi connectivity index (χ0n) is 17.9. The summed E-state index contributed by atoms with van der Waals surface area (Å²) in [5, 5.41) is 10.6. The van der Waals surface area contributed by atoms with Crippen molar-refractivity contribution in [3.05, 3.63) is 93.8 Å². The molecule has 0 atom stereocenters. The number of rotatable bonds is 7. The van der Waals surface area contributed by atoms with E-state index in [4.69, 9.17) is 29.8 Å². The number of aliphatic carboxylic acids is 1. The summed E-state index contributed by atoms with van der Waals surface area (Å²) in [6.07, 6.45) is 1.73. The van der Waals surface area contributed by atoms with E-state index in [1.807, 2.05) is 24.3 Å². The highest BCUT2D eigenvalue weighted by atomic mass is 35.5. The summed E-state index contributed by atoms with van der Waals surface area (Å²) < 4.78 is 28.4. The van der Waals surface area contributed by atoms with Crippen LogP contribution in [-0.4, -0.2) is 30.3 Å². The molecule has 34 heavy (non-hydrogen) atoms. The van der Waals surface area contributed by atoms with Crippen molar-refractivity contribution in [3.63, 3.8) is 0 Å². The molecule has 1 N–H and O–H groups in total. The van der Waals surface area contributed by atoms with Crippen LogP contribution in [0.25, 0.3) is 16.0 Å². The van der Waals surface area contributed by atoms with E-state index >= 15 is 0 Å². The van der Waals surface area contributed by atoms with Crippen LogP contribution in [-0.2, 0) is 20.4 Å². The molecule has 0 unspecified atom stereocenters. The zero-order valence-corrected chi connectivity index (χ0v) is 20.2. The Bertz CT molecular complexity index is 1370. The van der Waals surface area contributed by atoms with Gasteiger partial charge in [0.15, 0.2) is 5.69 Å². The molecule has 4 rings (SSSR count). The van der Waals surface area contributed by atoms with Gasteiger partial charge in [-0.1, -0.05) is 65.7 Å². The van der Waals surface area contributed by atoms with Crippen LogP contribution in [0.15, 0.2) is 71.6 Å². The van der Waals surface area contributed by atoms with Gasteiger partial charge in [-0.2, -0.15) is 4.31 Å². The third kappa shape index (κ3) is 4.55. The number of nitrogens with zero attached hydrogens (tertiary/aromatic N) is 2. The number of carboxylic acid groups (broad SMARTS) is 1. The molecule has 0 spiro atoms. The summed E-state index contributed by atoms with van der Waals surface area (Å²) in [5.41, 5.74) is 1.57. The van der Waals surface area contributed by atoms with Crippen LogP contribution in [0.4, 0.5) is 5.69 Å². The van der Waals surface area contributed by atoms with Gasteiger partial charge in [-0.05, 0) is 60.2 Å². The van der Waals surface area contributed by atoms with E-state index in [-0.39, 0.29) is 4.90 Å². The Hall–Kier alpha value is -2.89. The highest BCUT2D eigenvalue weighted by molar-refractivity contribution is 7.89. The number of benzene rings is 3. The molecule has 0 radical (unpaired) electrons. The molecule has 0 heterocycles. The molecule has 1 fully saturated rings. The standard InChI is InChI=1S/C25H20Cl2N2O4S/c1-28-22-6-8-23(9-7-22)34(32,33)29(16-24(30)31)25(10-3-11-25)19-5-2-4-17(12-19)18-13-20(26)15-21(27)14-18/h2,4-9,12-15H,3,10-11,16H2,(H,30,31). The van der Waals surface area contributed by atoms with Crippen LogP contribution in [0, 0.1) is 6.57 Å². The van der Waals surface area contributed by atoms with Crippen molar-refractivity contribution in [1.29, 1.82) is 0 Å². The molecule has 1 aliphatic carbocycles. The third-order valence-electron chi connectivity index (χ3n) is 6.09. The van der Waals surface area contributed by atoms with Crippen LogP contribution in [0.2, 0.25) is 10.0 Å². The molecule has 3 aromatic rings. The van der Waals surface area contributed by atoms with Crippen molar-refractivity contribution in [1.82, 2.24) is 4.31 Å². The van der Waals surface area contributed by atoms with Crippen molar-refractivity contribution in [2.24, 2.45) is 0 Å². The Labute approximate surface area is 208 Å². The Morgan fingerprint density at radius 1 is 1.00 bits per heavy atom. The average Bonchev–Trinajstić information content (AvgIpc) is 2.77. The van der Waals surface area contributed by atoms with Gasteiger partial charge in [0.25, 0.3) is 0 Å². The van der Waals surface area contributed by atoms with Crippen molar-refractivity contribution in [3.8, 4) is 11.1 Å². The Balaban J connectivity index is 1.82. The summed E-state index contributed by atoms with van der Waals surface area (Å²) in [7, 11) is -4.17. The first-order valence-corrected chi connectivity index (χ1v) is 12.6. The van der Waals surface area contributed by atoms with E-state index in [1.54, 1.807) is 18.2 Å². The maximum Gasteiger partial charge on any atom is 0.318 e. The van der Waals surface area contributed by atoms with Gasteiger partial charge in [-0.25, -0.2) is 13.3 Å². The number of sulfonamides is 1. The first-order chi connectivity index (χ1) is 16.2. The fourth-order valence-electron chi connectivity index (χ4n) is 4.31. The maximum absolute atomic E-state index is 13.7.